The van der Waals surface area contributed by atoms with Crippen molar-refractivity contribution in [1.29, 1.82) is 0 Å². The molecule has 5 heteroatoms. The molecule has 3 rings (SSSR count). The van der Waals surface area contributed by atoms with E-state index in [0.29, 0.717) is 0 Å². The molecule has 0 aliphatic heterocycles. The monoisotopic (exact) mass is 446 g/mol. The van der Waals surface area contributed by atoms with Gasteiger partial charge in [0.1, 0.15) is 5.82 Å². The second-order valence-corrected chi connectivity index (χ2v) is 6.82. The van der Waals surface area contributed by atoms with Crippen LogP contribution >= 0.6 is 50.1 Å². The Morgan fingerprint density at radius 3 is 2.79 bits per heavy atom. The summed E-state index contributed by atoms with van der Waals surface area (Å²) in [5.41, 5.74) is 4.16. The second kappa shape index (κ2) is 5.07. The van der Waals surface area contributed by atoms with E-state index in [4.69, 9.17) is 11.6 Å². The number of rotatable bonds is 1. The Morgan fingerprint density at radius 1 is 1.26 bits per heavy atom. The fourth-order valence-corrected chi connectivity index (χ4v) is 3.12. The Bertz CT molecular complexity index is 782. The van der Waals surface area contributed by atoms with Gasteiger partial charge in [-0.25, -0.2) is 4.98 Å². The number of hydrogen-bond donors (Lipinski definition) is 1. The molecule has 0 spiro atoms. The van der Waals surface area contributed by atoms with E-state index in [1.807, 2.05) is 24.3 Å². The lowest BCUT2D eigenvalue weighted by molar-refractivity contribution is 1.33. The molecular weight excluding hydrogens is 438 g/mol. The van der Waals surface area contributed by atoms with Crippen LogP contribution in [0.4, 0.5) is 0 Å². The Morgan fingerprint density at radius 2 is 2.05 bits per heavy atom. The van der Waals surface area contributed by atoms with Crippen molar-refractivity contribution < 1.29 is 0 Å². The summed E-state index contributed by atoms with van der Waals surface area (Å²) >= 11 is 11.9. The zero-order chi connectivity index (χ0) is 13.6. The molecule has 2 nitrogen and oxygen atoms in total. The lowest BCUT2D eigenvalue weighted by Crippen LogP contribution is -1.82. The number of benzene rings is 2. The molecule has 1 heterocycles. The molecule has 0 saturated carbocycles. The molecule has 0 aliphatic rings. The standard InChI is InChI=1S/C14H9BrClIN2/c1-7-4-9(15)6-12-13(7)19-14(18-12)8-2-3-11(17)10(16)5-8/h2-6H,1H3,(H,18,19). The van der Waals surface area contributed by atoms with Crippen LogP contribution in [-0.4, -0.2) is 9.97 Å². The summed E-state index contributed by atoms with van der Waals surface area (Å²) in [5.74, 6) is 0.842. The van der Waals surface area contributed by atoms with Gasteiger partial charge >= 0.3 is 0 Å². The molecule has 0 fully saturated rings. The van der Waals surface area contributed by atoms with Gasteiger partial charge in [0, 0.05) is 13.6 Å². The van der Waals surface area contributed by atoms with Crippen LogP contribution in [0.2, 0.25) is 5.02 Å². The Balaban J connectivity index is 2.20. The first-order valence-corrected chi connectivity index (χ1v) is 7.91. The average Bonchev–Trinajstić information content (AvgIpc) is 2.76. The zero-order valence-corrected chi connectivity index (χ0v) is 14.5. The highest BCUT2D eigenvalue weighted by Crippen LogP contribution is 2.28. The van der Waals surface area contributed by atoms with Crippen LogP contribution in [-0.2, 0) is 0 Å². The third-order valence-electron chi connectivity index (χ3n) is 2.93. The van der Waals surface area contributed by atoms with Crippen LogP contribution in [0.3, 0.4) is 0 Å². The van der Waals surface area contributed by atoms with Crippen LogP contribution in [0, 0.1) is 10.5 Å². The van der Waals surface area contributed by atoms with Crippen molar-refractivity contribution in [2.75, 3.05) is 0 Å². The van der Waals surface area contributed by atoms with Crippen LogP contribution in [0.25, 0.3) is 22.4 Å². The molecular formula is C14H9BrClIN2. The van der Waals surface area contributed by atoms with E-state index >= 15 is 0 Å². The van der Waals surface area contributed by atoms with Gasteiger partial charge in [-0.2, -0.15) is 0 Å². The van der Waals surface area contributed by atoms with Crippen LogP contribution in [0.1, 0.15) is 5.56 Å². The van der Waals surface area contributed by atoms with E-state index in [1.165, 1.54) is 0 Å². The van der Waals surface area contributed by atoms with E-state index in [2.05, 4.69) is 61.5 Å². The molecule has 96 valence electrons. The number of imidazole rings is 1. The summed E-state index contributed by atoms with van der Waals surface area (Å²) < 4.78 is 2.09. The van der Waals surface area contributed by atoms with Gasteiger partial charge in [0.2, 0.25) is 0 Å². The molecule has 0 aliphatic carbocycles. The van der Waals surface area contributed by atoms with Crippen molar-refractivity contribution in [2.45, 2.75) is 6.92 Å². The molecule has 3 aromatic rings. The third kappa shape index (κ3) is 2.53. The van der Waals surface area contributed by atoms with E-state index in [9.17, 15) is 0 Å². The molecule has 19 heavy (non-hydrogen) atoms. The van der Waals surface area contributed by atoms with E-state index in [-0.39, 0.29) is 0 Å². The van der Waals surface area contributed by atoms with Gasteiger partial charge in [-0.3, -0.25) is 0 Å². The quantitative estimate of drug-likeness (QED) is 0.486. The summed E-state index contributed by atoms with van der Waals surface area (Å²) in [5, 5.41) is 0.747. The summed E-state index contributed by atoms with van der Waals surface area (Å²) in [6, 6.07) is 10.1. The molecule has 0 radical (unpaired) electrons. The summed E-state index contributed by atoms with van der Waals surface area (Å²) in [4.78, 5) is 7.99. The molecule has 1 N–H and O–H groups in total. The van der Waals surface area contributed by atoms with Crippen LogP contribution in [0.15, 0.2) is 34.8 Å². The number of halogens is 3. The minimum atomic E-state index is 0.747. The number of H-pyrrole nitrogens is 1. The smallest absolute Gasteiger partial charge is 0.138 e. The van der Waals surface area contributed by atoms with Crippen molar-refractivity contribution in [2.24, 2.45) is 0 Å². The summed E-state index contributed by atoms with van der Waals surface area (Å²) in [7, 11) is 0. The molecule has 0 bridgehead atoms. The predicted octanol–water partition coefficient (Wildman–Crippen LogP) is 5.56. The number of nitrogens with one attached hydrogen (secondary N) is 1. The number of nitrogens with zero attached hydrogens (tertiary/aromatic N) is 1. The minimum absolute atomic E-state index is 0.747. The Kier molecular flexibility index (Phi) is 3.57. The number of fused-ring (bicyclic) bond motifs is 1. The fourth-order valence-electron chi connectivity index (χ4n) is 2.03. The molecule has 0 amide bonds. The van der Waals surface area contributed by atoms with E-state index < -0.39 is 0 Å². The van der Waals surface area contributed by atoms with Gasteiger partial charge in [-0.15, -0.1) is 0 Å². The maximum atomic E-state index is 6.16. The van der Waals surface area contributed by atoms with Gasteiger partial charge in [0.25, 0.3) is 0 Å². The summed E-state index contributed by atoms with van der Waals surface area (Å²) in [6.07, 6.45) is 0. The van der Waals surface area contributed by atoms with Gasteiger partial charge in [0.15, 0.2) is 0 Å². The molecule has 2 aromatic carbocycles. The SMILES string of the molecule is Cc1cc(Br)cc2[nH]c(-c3ccc(I)c(Cl)c3)nc12. The molecule has 0 atom stereocenters. The van der Waals surface area contributed by atoms with Crippen molar-refractivity contribution in [3.63, 3.8) is 0 Å². The number of aryl methyl sites for hydroxylation is 1. The average molecular weight is 448 g/mol. The van der Waals surface area contributed by atoms with Crippen LogP contribution in [0.5, 0.6) is 0 Å². The van der Waals surface area contributed by atoms with Crippen molar-refractivity contribution >= 4 is 61.2 Å². The predicted molar refractivity (Wildman–Crippen MR) is 91.7 cm³/mol. The fraction of sp³-hybridized carbons (Fsp3) is 0.0714. The lowest BCUT2D eigenvalue weighted by Gasteiger charge is -1.99. The van der Waals surface area contributed by atoms with E-state index in [1.54, 1.807) is 0 Å². The van der Waals surface area contributed by atoms with Gasteiger partial charge in [0.05, 0.1) is 16.1 Å². The van der Waals surface area contributed by atoms with Crippen molar-refractivity contribution in [3.05, 3.63) is 49.0 Å². The number of aromatic nitrogens is 2. The Hall–Kier alpha value is -0.590. The Labute approximate surface area is 137 Å². The highest BCUT2D eigenvalue weighted by atomic mass is 127. The van der Waals surface area contributed by atoms with Crippen molar-refractivity contribution in [1.82, 2.24) is 9.97 Å². The number of aromatic amines is 1. The topological polar surface area (TPSA) is 28.7 Å². The highest BCUT2D eigenvalue weighted by molar-refractivity contribution is 14.1. The highest BCUT2D eigenvalue weighted by Gasteiger charge is 2.09. The van der Waals surface area contributed by atoms with Gasteiger partial charge in [-0.05, 0) is 59.3 Å². The number of hydrogen-bond acceptors (Lipinski definition) is 1. The largest absolute Gasteiger partial charge is 0.338 e. The van der Waals surface area contributed by atoms with Crippen molar-refractivity contribution in [3.8, 4) is 11.4 Å². The molecule has 0 unspecified atom stereocenters. The zero-order valence-electron chi connectivity index (χ0n) is 9.97. The third-order valence-corrected chi connectivity index (χ3v) is 4.97. The first-order chi connectivity index (χ1) is 9.04. The first kappa shape index (κ1) is 13.4. The van der Waals surface area contributed by atoms with E-state index in [0.717, 1.165) is 41.1 Å². The van der Waals surface area contributed by atoms with Crippen LogP contribution < -0.4 is 0 Å². The lowest BCUT2D eigenvalue weighted by atomic mass is 10.2. The maximum absolute atomic E-state index is 6.16. The van der Waals surface area contributed by atoms with Gasteiger partial charge < -0.3 is 4.98 Å². The first-order valence-electron chi connectivity index (χ1n) is 5.66. The maximum Gasteiger partial charge on any atom is 0.138 e. The second-order valence-electron chi connectivity index (χ2n) is 4.33. The van der Waals surface area contributed by atoms with Gasteiger partial charge in [-0.1, -0.05) is 33.6 Å². The normalized spacial score (nSPS) is 11.2. The summed E-state index contributed by atoms with van der Waals surface area (Å²) in [6.45, 7) is 2.05. The molecule has 0 saturated heterocycles. The minimum Gasteiger partial charge on any atom is -0.338 e. The molecule has 1 aromatic heterocycles.